The van der Waals surface area contributed by atoms with E-state index in [-0.39, 0.29) is 11.9 Å². The second-order valence-electron chi connectivity index (χ2n) is 4.47. The predicted molar refractivity (Wildman–Crippen MR) is 72.9 cm³/mol. The molecule has 1 atom stereocenters. The maximum absolute atomic E-state index is 12.1. The Bertz CT molecular complexity index is 536. The summed E-state index contributed by atoms with van der Waals surface area (Å²) in [6, 6.07) is 1.70. The van der Waals surface area contributed by atoms with Crippen LogP contribution in [0, 0.1) is 6.92 Å². The lowest BCUT2D eigenvalue weighted by molar-refractivity contribution is -0.131. The van der Waals surface area contributed by atoms with Crippen LogP contribution in [0.15, 0.2) is 22.4 Å². The fourth-order valence-corrected chi connectivity index (χ4v) is 2.60. The SMILES string of the molecule is Cc1ncsc1CCC(=O)N(C)C(C)c1ccon1. The number of amides is 1. The van der Waals surface area contributed by atoms with Gasteiger partial charge in [0, 0.05) is 24.4 Å². The molecule has 6 heteroatoms. The first kappa shape index (κ1) is 13.7. The Morgan fingerprint density at radius 3 is 2.95 bits per heavy atom. The maximum atomic E-state index is 12.1. The molecule has 0 spiro atoms. The summed E-state index contributed by atoms with van der Waals surface area (Å²) in [6.07, 6.45) is 2.75. The number of hydrogen-bond acceptors (Lipinski definition) is 5. The van der Waals surface area contributed by atoms with E-state index in [4.69, 9.17) is 4.52 Å². The van der Waals surface area contributed by atoms with Gasteiger partial charge in [0.05, 0.1) is 17.2 Å². The van der Waals surface area contributed by atoms with Crippen molar-refractivity contribution in [2.45, 2.75) is 32.7 Å². The van der Waals surface area contributed by atoms with Crippen molar-refractivity contribution in [1.82, 2.24) is 15.0 Å². The van der Waals surface area contributed by atoms with Crippen LogP contribution in [0.4, 0.5) is 0 Å². The molecule has 102 valence electrons. The molecule has 19 heavy (non-hydrogen) atoms. The topological polar surface area (TPSA) is 59.2 Å². The largest absolute Gasteiger partial charge is 0.364 e. The summed E-state index contributed by atoms with van der Waals surface area (Å²) in [5, 5.41) is 3.87. The van der Waals surface area contributed by atoms with Gasteiger partial charge in [-0.15, -0.1) is 11.3 Å². The number of carbonyl (C=O) groups is 1. The smallest absolute Gasteiger partial charge is 0.223 e. The Morgan fingerprint density at radius 1 is 1.58 bits per heavy atom. The molecule has 0 aliphatic rings. The molecule has 2 aromatic rings. The van der Waals surface area contributed by atoms with Crippen molar-refractivity contribution in [2.24, 2.45) is 0 Å². The van der Waals surface area contributed by atoms with Crippen LogP contribution in [0.25, 0.3) is 0 Å². The van der Waals surface area contributed by atoms with Crippen LogP contribution in [0.3, 0.4) is 0 Å². The Morgan fingerprint density at radius 2 is 2.37 bits per heavy atom. The van der Waals surface area contributed by atoms with E-state index in [1.807, 2.05) is 19.4 Å². The van der Waals surface area contributed by atoms with Gasteiger partial charge in [-0.3, -0.25) is 4.79 Å². The van der Waals surface area contributed by atoms with Gasteiger partial charge >= 0.3 is 0 Å². The van der Waals surface area contributed by atoms with Crippen LogP contribution in [-0.4, -0.2) is 28.0 Å². The van der Waals surface area contributed by atoms with Crippen molar-refractivity contribution in [2.75, 3.05) is 7.05 Å². The third kappa shape index (κ3) is 3.20. The summed E-state index contributed by atoms with van der Waals surface area (Å²) < 4.78 is 4.81. The maximum Gasteiger partial charge on any atom is 0.223 e. The number of aromatic nitrogens is 2. The molecule has 0 bridgehead atoms. The minimum absolute atomic E-state index is 0.0752. The summed E-state index contributed by atoms with van der Waals surface area (Å²) in [7, 11) is 1.79. The third-order valence-electron chi connectivity index (χ3n) is 3.27. The van der Waals surface area contributed by atoms with Gasteiger partial charge in [-0.2, -0.15) is 0 Å². The lowest BCUT2D eigenvalue weighted by atomic mass is 10.1. The minimum Gasteiger partial charge on any atom is -0.364 e. The molecule has 0 saturated heterocycles. The van der Waals surface area contributed by atoms with Crippen LogP contribution in [0.2, 0.25) is 0 Å². The number of nitrogens with zero attached hydrogens (tertiary/aromatic N) is 3. The van der Waals surface area contributed by atoms with E-state index >= 15 is 0 Å². The monoisotopic (exact) mass is 279 g/mol. The van der Waals surface area contributed by atoms with Crippen molar-refractivity contribution in [3.63, 3.8) is 0 Å². The van der Waals surface area contributed by atoms with E-state index < -0.39 is 0 Å². The molecule has 1 amide bonds. The zero-order valence-corrected chi connectivity index (χ0v) is 12.1. The van der Waals surface area contributed by atoms with Crippen LogP contribution < -0.4 is 0 Å². The summed E-state index contributed by atoms with van der Waals surface area (Å²) >= 11 is 1.60. The van der Waals surface area contributed by atoms with Crippen LogP contribution in [-0.2, 0) is 11.2 Å². The minimum atomic E-state index is -0.0752. The molecule has 5 nitrogen and oxygen atoms in total. The number of rotatable bonds is 5. The Balaban J connectivity index is 1.91. The van der Waals surface area contributed by atoms with E-state index in [9.17, 15) is 4.79 Å². The van der Waals surface area contributed by atoms with E-state index in [0.717, 1.165) is 17.8 Å². The van der Waals surface area contributed by atoms with Gasteiger partial charge in [0.25, 0.3) is 0 Å². The number of hydrogen-bond donors (Lipinski definition) is 0. The molecule has 2 rings (SSSR count). The molecule has 0 radical (unpaired) electrons. The average molecular weight is 279 g/mol. The zero-order valence-electron chi connectivity index (χ0n) is 11.3. The Hall–Kier alpha value is -1.69. The van der Waals surface area contributed by atoms with Gasteiger partial charge in [0.2, 0.25) is 5.91 Å². The molecule has 0 aliphatic carbocycles. The lowest BCUT2D eigenvalue weighted by Crippen LogP contribution is -2.30. The van der Waals surface area contributed by atoms with Gasteiger partial charge in [0.15, 0.2) is 0 Å². The molecule has 0 N–H and O–H groups in total. The molecular formula is C13H17N3O2S. The summed E-state index contributed by atoms with van der Waals surface area (Å²) in [5.74, 6) is 0.100. The second-order valence-corrected chi connectivity index (χ2v) is 5.41. The molecular weight excluding hydrogens is 262 g/mol. The van der Waals surface area contributed by atoms with Crippen LogP contribution >= 0.6 is 11.3 Å². The van der Waals surface area contributed by atoms with E-state index in [0.29, 0.717) is 6.42 Å². The van der Waals surface area contributed by atoms with Crippen LogP contribution in [0.5, 0.6) is 0 Å². The zero-order chi connectivity index (χ0) is 13.8. The highest BCUT2D eigenvalue weighted by molar-refractivity contribution is 7.09. The molecule has 0 aromatic carbocycles. The Labute approximate surface area is 116 Å². The summed E-state index contributed by atoms with van der Waals surface area (Å²) in [6.45, 7) is 3.91. The van der Waals surface area contributed by atoms with E-state index in [2.05, 4.69) is 10.1 Å². The molecule has 1 unspecified atom stereocenters. The van der Waals surface area contributed by atoms with E-state index in [1.165, 1.54) is 11.1 Å². The molecule has 0 saturated carbocycles. The van der Waals surface area contributed by atoms with Gasteiger partial charge in [-0.1, -0.05) is 5.16 Å². The highest BCUT2D eigenvalue weighted by Crippen LogP contribution is 2.19. The number of aryl methyl sites for hydroxylation is 2. The fourth-order valence-electron chi connectivity index (χ4n) is 1.81. The van der Waals surface area contributed by atoms with E-state index in [1.54, 1.807) is 29.4 Å². The third-order valence-corrected chi connectivity index (χ3v) is 4.27. The Kier molecular flexibility index (Phi) is 4.31. The molecule has 2 aromatic heterocycles. The highest BCUT2D eigenvalue weighted by atomic mass is 32.1. The first-order valence-electron chi connectivity index (χ1n) is 6.14. The van der Waals surface area contributed by atoms with Gasteiger partial charge in [-0.25, -0.2) is 4.98 Å². The first-order valence-corrected chi connectivity index (χ1v) is 7.02. The van der Waals surface area contributed by atoms with Crippen molar-refractivity contribution in [1.29, 1.82) is 0 Å². The number of carbonyl (C=O) groups excluding carboxylic acids is 1. The van der Waals surface area contributed by atoms with Crippen molar-refractivity contribution in [3.8, 4) is 0 Å². The quantitative estimate of drug-likeness (QED) is 0.844. The first-order chi connectivity index (χ1) is 9.09. The fraction of sp³-hybridized carbons (Fsp3) is 0.462. The molecule has 0 fully saturated rings. The summed E-state index contributed by atoms with van der Waals surface area (Å²) in [5.41, 5.74) is 3.60. The van der Waals surface area contributed by atoms with Crippen molar-refractivity contribution < 1.29 is 9.32 Å². The lowest BCUT2D eigenvalue weighted by Gasteiger charge is -2.23. The summed E-state index contributed by atoms with van der Waals surface area (Å²) in [4.78, 5) is 19.2. The standard InChI is InChI=1S/C13H17N3O2S/c1-9-12(19-8-14-9)4-5-13(17)16(3)10(2)11-6-7-18-15-11/h6-8,10H,4-5H2,1-3H3. The van der Waals surface area contributed by atoms with Gasteiger partial charge in [0.1, 0.15) is 12.0 Å². The number of thiazole rings is 1. The van der Waals surface area contributed by atoms with Crippen LogP contribution in [0.1, 0.15) is 35.7 Å². The van der Waals surface area contributed by atoms with Gasteiger partial charge in [-0.05, 0) is 20.3 Å². The molecule has 0 aliphatic heterocycles. The van der Waals surface area contributed by atoms with Gasteiger partial charge < -0.3 is 9.42 Å². The highest BCUT2D eigenvalue weighted by Gasteiger charge is 2.19. The van der Waals surface area contributed by atoms with Crippen molar-refractivity contribution >= 4 is 17.2 Å². The molecule has 2 heterocycles. The van der Waals surface area contributed by atoms with Crippen molar-refractivity contribution in [3.05, 3.63) is 34.1 Å². The second kappa shape index (κ2) is 5.97. The predicted octanol–water partition coefficient (Wildman–Crippen LogP) is 2.59. The average Bonchev–Trinajstić information content (AvgIpc) is 3.05. The normalized spacial score (nSPS) is 12.4.